The molecule has 1 aromatic rings. The molecular formula is C15H23N. The van der Waals surface area contributed by atoms with E-state index in [1.807, 2.05) is 0 Å². The molecule has 0 aliphatic heterocycles. The zero-order valence-corrected chi connectivity index (χ0v) is 10.6. The molecule has 0 unspecified atom stereocenters. The van der Waals surface area contributed by atoms with E-state index in [0.717, 1.165) is 6.54 Å². The summed E-state index contributed by atoms with van der Waals surface area (Å²) in [6, 6.07) is 11.1. The van der Waals surface area contributed by atoms with Crippen LogP contribution in [-0.4, -0.2) is 18.5 Å². The van der Waals surface area contributed by atoms with Gasteiger partial charge >= 0.3 is 0 Å². The van der Waals surface area contributed by atoms with E-state index in [2.05, 4.69) is 49.2 Å². The van der Waals surface area contributed by atoms with Crippen LogP contribution >= 0.6 is 0 Å². The maximum Gasteiger partial charge on any atom is 0.0457 e. The highest BCUT2D eigenvalue weighted by Crippen LogP contribution is 2.41. The van der Waals surface area contributed by atoms with E-state index < -0.39 is 0 Å². The maximum absolute atomic E-state index is 2.54. The second kappa shape index (κ2) is 5.01. The summed E-state index contributed by atoms with van der Waals surface area (Å²) in [5.41, 5.74) is 1.83. The smallest absolute Gasteiger partial charge is 0.0457 e. The summed E-state index contributed by atoms with van der Waals surface area (Å²) in [7, 11) is 2.28. The summed E-state index contributed by atoms with van der Waals surface area (Å²) in [5.74, 6) is 0. The number of hydrogen-bond donors (Lipinski definition) is 0. The first kappa shape index (κ1) is 11.7. The Labute approximate surface area is 99.5 Å². The summed E-state index contributed by atoms with van der Waals surface area (Å²) in [6.07, 6.45) is 6.80. The van der Waals surface area contributed by atoms with Gasteiger partial charge in [-0.1, -0.05) is 56.5 Å². The summed E-state index contributed by atoms with van der Waals surface area (Å²) in [4.78, 5) is 2.54. The summed E-state index contributed by atoms with van der Waals surface area (Å²) in [5, 5.41) is 0. The molecule has 0 atom stereocenters. The van der Waals surface area contributed by atoms with Crippen molar-refractivity contribution in [2.45, 2.75) is 44.6 Å². The highest BCUT2D eigenvalue weighted by molar-refractivity contribution is 5.25. The fourth-order valence-electron chi connectivity index (χ4n) is 3.08. The predicted molar refractivity (Wildman–Crippen MR) is 69.5 cm³/mol. The van der Waals surface area contributed by atoms with Crippen LogP contribution in [0.15, 0.2) is 30.3 Å². The van der Waals surface area contributed by atoms with E-state index in [4.69, 9.17) is 0 Å². The van der Waals surface area contributed by atoms with E-state index in [1.165, 1.54) is 37.7 Å². The van der Waals surface area contributed by atoms with Gasteiger partial charge in [-0.05, 0) is 32.0 Å². The molecule has 0 heterocycles. The molecule has 1 saturated carbocycles. The van der Waals surface area contributed by atoms with Crippen LogP contribution < -0.4 is 0 Å². The molecule has 88 valence electrons. The van der Waals surface area contributed by atoms with Crippen molar-refractivity contribution >= 4 is 0 Å². The van der Waals surface area contributed by atoms with Crippen LogP contribution in [0.1, 0.15) is 44.6 Å². The zero-order chi connectivity index (χ0) is 11.4. The molecule has 1 nitrogen and oxygen atoms in total. The molecule has 0 spiro atoms. The van der Waals surface area contributed by atoms with Gasteiger partial charge in [-0.2, -0.15) is 0 Å². The number of nitrogens with zero attached hydrogens (tertiary/aromatic N) is 1. The van der Waals surface area contributed by atoms with Crippen molar-refractivity contribution in [3.8, 4) is 0 Å². The molecular weight excluding hydrogens is 194 g/mol. The minimum absolute atomic E-state index is 0.314. The van der Waals surface area contributed by atoms with E-state index >= 15 is 0 Å². The quantitative estimate of drug-likeness (QED) is 0.744. The fourth-order valence-corrected chi connectivity index (χ4v) is 3.08. The van der Waals surface area contributed by atoms with Crippen LogP contribution in [0.2, 0.25) is 0 Å². The molecule has 0 radical (unpaired) electrons. The molecule has 0 saturated heterocycles. The summed E-state index contributed by atoms with van der Waals surface area (Å²) in [6.45, 7) is 3.40. The van der Waals surface area contributed by atoms with Gasteiger partial charge < -0.3 is 0 Å². The molecule has 1 fully saturated rings. The third kappa shape index (κ3) is 2.01. The topological polar surface area (TPSA) is 3.24 Å². The minimum atomic E-state index is 0.314. The first-order valence-corrected chi connectivity index (χ1v) is 6.56. The lowest BCUT2D eigenvalue weighted by atomic mass is 9.75. The maximum atomic E-state index is 2.54. The van der Waals surface area contributed by atoms with Crippen LogP contribution in [0.5, 0.6) is 0 Å². The van der Waals surface area contributed by atoms with E-state index in [0.29, 0.717) is 5.54 Å². The first-order valence-electron chi connectivity index (χ1n) is 6.56. The molecule has 16 heavy (non-hydrogen) atoms. The molecule has 0 aromatic heterocycles. The molecule has 0 amide bonds. The molecule has 1 heteroatoms. The van der Waals surface area contributed by atoms with Gasteiger partial charge in [0, 0.05) is 5.54 Å². The molecule has 1 aliphatic carbocycles. The van der Waals surface area contributed by atoms with Crippen molar-refractivity contribution in [3.05, 3.63) is 35.9 Å². The Morgan fingerprint density at radius 1 is 1.06 bits per heavy atom. The Morgan fingerprint density at radius 2 is 1.69 bits per heavy atom. The normalized spacial score (nSPS) is 19.9. The van der Waals surface area contributed by atoms with Gasteiger partial charge in [0.2, 0.25) is 0 Å². The van der Waals surface area contributed by atoms with Crippen LogP contribution in [0.3, 0.4) is 0 Å². The Morgan fingerprint density at radius 3 is 2.25 bits per heavy atom. The van der Waals surface area contributed by atoms with E-state index in [-0.39, 0.29) is 0 Å². The highest BCUT2D eigenvalue weighted by atomic mass is 15.2. The molecule has 0 N–H and O–H groups in total. The third-order valence-electron chi connectivity index (χ3n) is 4.20. The number of rotatable bonds is 3. The average Bonchev–Trinajstić information content (AvgIpc) is 2.39. The fraction of sp³-hybridized carbons (Fsp3) is 0.600. The van der Waals surface area contributed by atoms with Gasteiger partial charge in [0.15, 0.2) is 0 Å². The van der Waals surface area contributed by atoms with Crippen molar-refractivity contribution in [3.63, 3.8) is 0 Å². The number of benzene rings is 1. The van der Waals surface area contributed by atoms with Crippen molar-refractivity contribution in [2.75, 3.05) is 13.6 Å². The van der Waals surface area contributed by atoms with Gasteiger partial charge in [0.05, 0.1) is 0 Å². The monoisotopic (exact) mass is 217 g/mol. The second-order valence-corrected chi connectivity index (χ2v) is 4.97. The first-order chi connectivity index (χ1) is 7.79. The van der Waals surface area contributed by atoms with Gasteiger partial charge in [-0.15, -0.1) is 0 Å². The molecule has 1 aliphatic rings. The Bertz CT molecular complexity index is 311. The molecule has 1 aromatic carbocycles. The third-order valence-corrected chi connectivity index (χ3v) is 4.20. The predicted octanol–water partition coefficient (Wildman–Crippen LogP) is 3.80. The van der Waals surface area contributed by atoms with Gasteiger partial charge in [-0.3, -0.25) is 4.90 Å². The number of hydrogen-bond acceptors (Lipinski definition) is 1. The molecule has 2 rings (SSSR count). The van der Waals surface area contributed by atoms with Crippen LogP contribution in [0.4, 0.5) is 0 Å². The second-order valence-electron chi connectivity index (χ2n) is 4.97. The SMILES string of the molecule is CCN(C)C1(c2ccccc2)CCCCC1. The van der Waals surface area contributed by atoms with E-state index in [9.17, 15) is 0 Å². The van der Waals surface area contributed by atoms with Crippen molar-refractivity contribution < 1.29 is 0 Å². The summed E-state index contributed by atoms with van der Waals surface area (Å²) < 4.78 is 0. The van der Waals surface area contributed by atoms with Gasteiger partial charge in [-0.25, -0.2) is 0 Å². The van der Waals surface area contributed by atoms with Crippen LogP contribution in [0.25, 0.3) is 0 Å². The van der Waals surface area contributed by atoms with Gasteiger partial charge in [0.25, 0.3) is 0 Å². The Hall–Kier alpha value is -0.820. The highest BCUT2D eigenvalue weighted by Gasteiger charge is 2.36. The van der Waals surface area contributed by atoms with Crippen molar-refractivity contribution in [1.29, 1.82) is 0 Å². The lowest BCUT2D eigenvalue weighted by molar-refractivity contribution is 0.0779. The average molecular weight is 217 g/mol. The zero-order valence-electron chi connectivity index (χ0n) is 10.6. The lowest BCUT2D eigenvalue weighted by Crippen LogP contribution is -2.45. The Kier molecular flexibility index (Phi) is 3.65. The van der Waals surface area contributed by atoms with E-state index in [1.54, 1.807) is 0 Å². The lowest BCUT2D eigenvalue weighted by Gasteiger charge is -2.45. The minimum Gasteiger partial charge on any atom is -0.297 e. The molecule has 0 bridgehead atoms. The largest absolute Gasteiger partial charge is 0.297 e. The standard InChI is InChI=1S/C15H23N/c1-3-16(2)15(12-8-5-9-13-15)14-10-6-4-7-11-14/h4,6-7,10-11H,3,5,8-9,12-13H2,1-2H3. The van der Waals surface area contributed by atoms with Crippen molar-refractivity contribution in [1.82, 2.24) is 4.90 Å². The Balaban J connectivity index is 2.34. The van der Waals surface area contributed by atoms with Crippen LogP contribution in [-0.2, 0) is 5.54 Å². The van der Waals surface area contributed by atoms with Crippen LogP contribution in [0, 0.1) is 0 Å². The van der Waals surface area contributed by atoms with Crippen molar-refractivity contribution in [2.24, 2.45) is 0 Å². The van der Waals surface area contributed by atoms with Gasteiger partial charge in [0.1, 0.15) is 0 Å². The summed E-state index contributed by atoms with van der Waals surface area (Å²) >= 11 is 0.